The molecule has 6 nitrogen and oxygen atoms in total. The molecule has 33 heavy (non-hydrogen) atoms. The van der Waals surface area contributed by atoms with Crippen LogP contribution < -0.4 is 14.4 Å². The van der Waals surface area contributed by atoms with Crippen molar-refractivity contribution in [1.29, 1.82) is 0 Å². The van der Waals surface area contributed by atoms with Crippen molar-refractivity contribution in [2.45, 2.75) is 26.1 Å². The first-order valence-electron chi connectivity index (χ1n) is 10.6. The Balaban J connectivity index is 1.30. The van der Waals surface area contributed by atoms with Gasteiger partial charge in [0, 0.05) is 32.2 Å². The number of carbonyl (C=O) groups is 1. The maximum atomic E-state index is 12.5. The van der Waals surface area contributed by atoms with E-state index in [2.05, 4.69) is 23.6 Å². The SMILES string of the molecule is CC(C)c1ccc(OCC(=O)N2CCN(c3nc4ccc(OC(F)(F)F)cc4s3)CC2)cc1. The summed E-state index contributed by atoms with van der Waals surface area (Å²) in [4.78, 5) is 20.8. The van der Waals surface area contributed by atoms with Crippen molar-refractivity contribution < 1.29 is 27.4 Å². The van der Waals surface area contributed by atoms with Crippen LogP contribution in [0.3, 0.4) is 0 Å². The van der Waals surface area contributed by atoms with Crippen molar-refractivity contribution in [3.8, 4) is 11.5 Å². The standard InChI is InChI=1S/C23H24F3N3O3S/c1-15(2)16-3-5-17(6-4-16)31-14-21(30)28-9-11-29(12-10-28)22-27-19-8-7-18(13-20(19)33-22)32-23(24,25)26/h3-8,13,15H,9-12,14H2,1-2H3. The molecule has 0 aliphatic carbocycles. The van der Waals surface area contributed by atoms with Crippen molar-refractivity contribution in [3.63, 3.8) is 0 Å². The van der Waals surface area contributed by atoms with Gasteiger partial charge in [0.05, 0.1) is 10.2 Å². The van der Waals surface area contributed by atoms with E-state index >= 15 is 0 Å². The number of ether oxygens (including phenoxy) is 2. The van der Waals surface area contributed by atoms with E-state index in [-0.39, 0.29) is 18.3 Å². The third-order valence-electron chi connectivity index (χ3n) is 5.39. The van der Waals surface area contributed by atoms with Crippen LogP contribution in [-0.2, 0) is 4.79 Å². The lowest BCUT2D eigenvalue weighted by molar-refractivity contribution is -0.274. The Morgan fingerprint density at radius 3 is 2.36 bits per heavy atom. The lowest BCUT2D eigenvalue weighted by Crippen LogP contribution is -2.50. The fourth-order valence-corrected chi connectivity index (χ4v) is 4.60. The number of thiazole rings is 1. The van der Waals surface area contributed by atoms with Gasteiger partial charge in [-0.2, -0.15) is 0 Å². The summed E-state index contributed by atoms with van der Waals surface area (Å²) in [5.41, 5.74) is 1.82. The molecule has 1 aliphatic heterocycles. The van der Waals surface area contributed by atoms with Gasteiger partial charge in [0.2, 0.25) is 0 Å². The number of nitrogens with zero attached hydrogens (tertiary/aromatic N) is 3. The molecule has 1 aromatic heterocycles. The first-order chi connectivity index (χ1) is 15.7. The molecule has 0 N–H and O–H groups in total. The maximum Gasteiger partial charge on any atom is 0.573 e. The molecule has 2 heterocycles. The number of aromatic nitrogens is 1. The number of rotatable bonds is 6. The Kier molecular flexibility index (Phi) is 6.64. The highest BCUT2D eigenvalue weighted by atomic mass is 32.1. The summed E-state index contributed by atoms with van der Waals surface area (Å²) in [7, 11) is 0. The fourth-order valence-electron chi connectivity index (χ4n) is 3.56. The zero-order chi connectivity index (χ0) is 23.6. The van der Waals surface area contributed by atoms with E-state index in [1.165, 1.54) is 35.1 Å². The second kappa shape index (κ2) is 9.46. The van der Waals surface area contributed by atoms with Gasteiger partial charge in [-0.3, -0.25) is 4.79 Å². The predicted octanol–water partition coefficient (Wildman–Crippen LogP) is 5.05. The predicted molar refractivity (Wildman–Crippen MR) is 121 cm³/mol. The topological polar surface area (TPSA) is 54.9 Å². The quantitative estimate of drug-likeness (QED) is 0.496. The highest BCUT2D eigenvalue weighted by molar-refractivity contribution is 7.22. The summed E-state index contributed by atoms with van der Waals surface area (Å²) in [6, 6.07) is 11.9. The molecule has 1 fully saturated rings. The molecule has 0 saturated carbocycles. The minimum Gasteiger partial charge on any atom is -0.484 e. The van der Waals surface area contributed by atoms with E-state index in [9.17, 15) is 18.0 Å². The van der Waals surface area contributed by atoms with Gasteiger partial charge in [0.25, 0.3) is 5.91 Å². The second-order valence-corrected chi connectivity index (χ2v) is 9.06. The summed E-state index contributed by atoms with van der Waals surface area (Å²) in [6.45, 7) is 6.42. The summed E-state index contributed by atoms with van der Waals surface area (Å²) < 4.78 is 47.6. The van der Waals surface area contributed by atoms with Crippen LogP contribution in [0.4, 0.5) is 18.3 Å². The van der Waals surface area contributed by atoms with Crippen molar-refractivity contribution in [2.24, 2.45) is 0 Å². The normalized spacial score (nSPS) is 14.7. The fraction of sp³-hybridized carbons (Fsp3) is 0.391. The monoisotopic (exact) mass is 479 g/mol. The van der Waals surface area contributed by atoms with Gasteiger partial charge >= 0.3 is 6.36 Å². The lowest BCUT2D eigenvalue weighted by atomic mass is 10.0. The van der Waals surface area contributed by atoms with Crippen molar-refractivity contribution >= 4 is 32.6 Å². The maximum absolute atomic E-state index is 12.5. The Morgan fingerprint density at radius 1 is 1.06 bits per heavy atom. The summed E-state index contributed by atoms with van der Waals surface area (Å²) in [5.74, 6) is 0.748. The average molecular weight is 480 g/mol. The van der Waals surface area contributed by atoms with E-state index in [1.807, 2.05) is 29.2 Å². The number of piperazine rings is 1. The highest BCUT2D eigenvalue weighted by Crippen LogP contribution is 2.33. The number of amides is 1. The van der Waals surface area contributed by atoms with Crippen molar-refractivity contribution in [2.75, 3.05) is 37.7 Å². The number of hydrogen-bond acceptors (Lipinski definition) is 6. The van der Waals surface area contributed by atoms with Crippen LogP contribution in [0.2, 0.25) is 0 Å². The van der Waals surface area contributed by atoms with Gasteiger partial charge in [-0.25, -0.2) is 4.98 Å². The molecule has 3 aromatic rings. The number of anilines is 1. The van der Waals surface area contributed by atoms with E-state index in [0.717, 1.165) is 0 Å². The third-order valence-corrected chi connectivity index (χ3v) is 6.47. The average Bonchev–Trinajstić information content (AvgIpc) is 3.20. The molecule has 0 spiro atoms. The van der Waals surface area contributed by atoms with Crippen LogP contribution >= 0.6 is 11.3 Å². The Bertz CT molecular complexity index is 1110. The molecule has 1 aliphatic rings. The van der Waals surface area contributed by atoms with Gasteiger partial charge < -0.3 is 19.3 Å². The molecule has 0 bridgehead atoms. The highest BCUT2D eigenvalue weighted by Gasteiger charge is 2.31. The van der Waals surface area contributed by atoms with E-state index in [0.29, 0.717) is 53.2 Å². The molecule has 0 radical (unpaired) electrons. The van der Waals surface area contributed by atoms with Gasteiger partial charge in [-0.1, -0.05) is 37.3 Å². The zero-order valence-corrected chi connectivity index (χ0v) is 19.1. The minimum absolute atomic E-state index is 0.0237. The molecule has 2 aromatic carbocycles. The van der Waals surface area contributed by atoms with Gasteiger partial charge in [0.1, 0.15) is 11.5 Å². The summed E-state index contributed by atoms with van der Waals surface area (Å²) in [6.07, 6.45) is -4.73. The number of alkyl halides is 3. The Hall–Kier alpha value is -3.01. The van der Waals surface area contributed by atoms with E-state index in [4.69, 9.17) is 4.74 Å². The molecule has 176 valence electrons. The van der Waals surface area contributed by atoms with Crippen molar-refractivity contribution in [1.82, 2.24) is 9.88 Å². The smallest absolute Gasteiger partial charge is 0.484 e. The molecule has 4 rings (SSSR count). The number of benzene rings is 2. The molecular weight excluding hydrogens is 455 g/mol. The van der Waals surface area contributed by atoms with Gasteiger partial charge in [0.15, 0.2) is 11.7 Å². The first-order valence-corrected chi connectivity index (χ1v) is 11.4. The Morgan fingerprint density at radius 2 is 1.73 bits per heavy atom. The summed E-state index contributed by atoms with van der Waals surface area (Å²) >= 11 is 1.30. The van der Waals surface area contributed by atoms with E-state index in [1.54, 1.807) is 4.90 Å². The molecule has 10 heteroatoms. The van der Waals surface area contributed by atoms with Gasteiger partial charge in [-0.15, -0.1) is 13.2 Å². The van der Waals surface area contributed by atoms with Crippen LogP contribution in [0.5, 0.6) is 11.5 Å². The van der Waals surface area contributed by atoms with Crippen molar-refractivity contribution in [3.05, 3.63) is 48.0 Å². The summed E-state index contributed by atoms with van der Waals surface area (Å²) in [5, 5.41) is 0.711. The molecule has 1 amide bonds. The first kappa shape index (κ1) is 23.2. The second-order valence-electron chi connectivity index (χ2n) is 8.05. The zero-order valence-electron chi connectivity index (χ0n) is 18.3. The molecule has 1 saturated heterocycles. The van der Waals surface area contributed by atoms with Crippen LogP contribution in [0, 0.1) is 0 Å². The number of carbonyl (C=O) groups excluding carboxylic acids is 1. The molecular formula is C23H24F3N3O3S. The van der Waals surface area contributed by atoms with Crippen LogP contribution in [0.1, 0.15) is 25.3 Å². The lowest BCUT2D eigenvalue weighted by Gasteiger charge is -2.34. The number of halogens is 3. The van der Waals surface area contributed by atoms with E-state index < -0.39 is 6.36 Å². The third kappa shape index (κ3) is 5.87. The number of hydrogen-bond donors (Lipinski definition) is 0. The van der Waals surface area contributed by atoms with Crippen LogP contribution in [0.25, 0.3) is 10.2 Å². The molecule has 0 atom stereocenters. The Labute approximate surface area is 193 Å². The number of fused-ring (bicyclic) bond motifs is 1. The minimum atomic E-state index is -4.73. The van der Waals surface area contributed by atoms with Crippen LogP contribution in [-0.4, -0.2) is 54.9 Å². The van der Waals surface area contributed by atoms with Gasteiger partial charge in [-0.05, 0) is 35.7 Å². The largest absolute Gasteiger partial charge is 0.573 e. The molecule has 0 unspecified atom stereocenters. The van der Waals surface area contributed by atoms with Crippen LogP contribution in [0.15, 0.2) is 42.5 Å².